The van der Waals surface area contributed by atoms with E-state index in [1.807, 2.05) is 35.7 Å². The lowest BCUT2D eigenvalue weighted by atomic mass is 10.1. The number of aldehydes is 1. The maximum absolute atomic E-state index is 11.4. The van der Waals surface area contributed by atoms with E-state index in [1.54, 1.807) is 6.92 Å². The van der Waals surface area contributed by atoms with Crippen molar-refractivity contribution in [3.63, 3.8) is 0 Å². The second-order valence-electron chi connectivity index (χ2n) is 4.36. The Labute approximate surface area is 112 Å². The van der Waals surface area contributed by atoms with Crippen LogP contribution in [0.2, 0.25) is 0 Å². The number of aromatic nitrogens is 1. The van der Waals surface area contributed by atoms with Gasteiger partial charge in [-0.1, -0.05) is 6.07 Å². The zero-order chi connectivity index (χ0) is 13.8. The summed E-state index contributed by atoms with van der Waals surface area (Å²) >= 11 is 0. The molecule has 0 N–H and O–H groups in total. The van der Waals surface area contributed by atoms with Gasteiger partial charge in [-0.2, -0.15) is 0 Å². The minimum Gasteiger partial charge on any atom is -0.466 e. The molecule has 0 aromatic carbocycles. The SMILES string of the molecule is CCOC(=O)CCc1c(C)c(C=O)c2ccccn12. The Morgan fingerprint density at radius 1 is 1.42 bits per heavy atom. The largest absolute Gasteiger partial charge is 0.466 e. The highest BCUT2D eigenvalue weighted by Crippen LogP contribution is 2.22. The average molecular weight is 259 g/mol. The molecule has 100 valence electrons. The Kier molecular flexibility index (Phi) is 4.00. The zero-order valence-electron chi connectivity index (χ0n) is 11.2. The number of ether oxygens (including phenoxy) is 1. The van der Waals surface area contributed by atoms with Gasteiger partial charge >= 0.3 is 5.97 Å². The van der Waals surface area contributed by atoms with Gasteiger partial charge in [0.1, 0.15) is 0 Å². The van der Waals surface area contributed by atoms with Gasteiger partial charge in [0, 0.05) is 17.5 Å². The van der Waals surface area contributed by atoms with Crippen LogP contribution in [0.4, 0.5) is 0 Å². The van der Waals surface area contributed by atoms with Crippen LogP contribution in [0.15, 0.2) is 24.4 Å². The third kappa shape index (κ3) is 2.52. The third-order valence-corrected chi connectivity index (χ3v) is 3.25. The second kappa shape index (κ2) is 5.69. The summed E-state index contributed by atoms with van der Waals surface area (Å²) in [6.07, 6.45) is 3.69. The predicted octanol–water partition coefficient (Wildman–Crippen LogP) is 2.56. The first kappa shape index (κ1) is 13.3. The molecule has 0 aliphatic heterocycles. The van der Waals surface area contributed by atoms with E-state index in [-0.39, 0.29) is 5.97 Å². The summed E-state index contributed by atoms with van der Waals surface area (Å²) in [4.78, 5) is 22.6. The van der Waals surface area contributed by atoms with E-state index >= 15 is 0 Å². The number of fused-ring (bicyclic) bond motifs is 1. The summed E-state index contributed by atoms with van der Waals surface area (Å²) in [5, 5.41) is 0. The monoisotopic (exact) mass is 259 g/mol. The van der Waals surface area contributed by atoms with Gasteiger partial charge in [0.2, 0.25) is 0 Å². The molecule has 0 aliphatic rings. The fraction of sp³-hybridized carbons (Fsp3) is 0.333. The molecule has 0 radical (unpaired) electrons. The van der Waals surface area contributed by atoms with Crippen molar-refractivity contribution in [2.45, 2.75) is 26.7 Å². The van der Waals surface area contributed by atoms with Crippen LogP contribution in [0, 0.1) is 6.92 Å². The Morgan fingerprint density at radius 2 is 2.21 bits per heavy atom. The Bertz CT molecular complexity index is 613. The molecule has 19 heavy (non-hydrogen) atoms. The van der Waals surface area contributed by atoms with Gasteiger partial charge in [-0.25, -0.2) is 0 Å². The molecule has 0 bridgehead atoms. The highest BCUT2D eigenvalue weighted by Gasteiger charge is 2.15. The molecule has 0 saturated carbocycles. The Balaban J connectivity index is 2.35. The average Bonchev–Trinajstić information content (AvgIpc) is 2.68. The van der Waals surface area contributed by atoms with Crippen molar-refractivity contribution in [2.24, 2.45) is 0 Å². The number of rotatable bonds is 5. The maximum atomic E-state index is 11.4. The van der Waals surface area contributed by atoms with Gasteiger partial charge in [-0.3, -0.25) is 9.59 Å². The van der Waals surface area contributed by atoms with Crippen LogP contribution in [-0.2, 0) is 16.0 Å². The number of hydrogen-bond donors (Lipinski definition) is 0. The molecule has 0 aliphatic carbocycles. The minimum atomic E-state index is -0.208. The van der Waals surface area contributed by atoms with Crippen molar-refractivity contribution in [3.8, 4) is 0 Å². The van der Waals surface area contributed by atoms with E-state index in [1.165, 1.54) is 0 Å². The number of carbonyl (C=O) groups excluding carboxylic acids is 2. The first-order valence-corrected chi connectivity index (χ1v) is 6.38. The first-order chi connectivity index (χ1) is 9.19. The fourth-order valence-electron chi connectivity index (χ4n) is 2.34. The molecule has 0 atom stereocenters. The molecule has 0 spiro atoms. The lowest BCUT2D eigenvalue weighted by molar-refractivity contribution is -0.143. The van der Waals surface area contributed by atoms with Crippen molar-refractivity contribution in [1.82, 2.24) is 4.40 Å². The third-order valence-electron chi connectivity index (χ3n) is 3.25. The Morgan fingerprint density at radius 3 is 2.89 bits per heavy atom. The first-order valence-electron chi connectivity index (χ1n) is 6.38. The van der Waals surface area contributed by atoms with E-state index < -0.39 is 0 Å². The van der Waals surface area contributed by atoms with E-state index in [0.29, 0.717) is 25.0 Å². The molecule has 0 amide bonds. The normalized spacial score (nSPS) is 10.6. The van der Waals surface area contributed by atoms with E-state index in [9.17, 15) is 9.59 Å². The van der Waals surface area contributed by atoms with Gasteiger partial charge < -0.3 is 9.14 Å². The molecule has 4 nitrogen and oxygen atoms in total. The summed E-state index contributed by atoms with van der Waals surface area (Å²) in [6, 6.07) is 5.72. The summed E-state index contributed by atoms with van der Waals surface area (Å²) in [6.45, 7) is 4.10. The Hall–Kier alpha value is -2.10. The van der Waals surface area contributed by atoms with Gasteiger partial charge in [0.05, 0.1) is 18.5 Å². The van der Waals surface area contributed by atoms with Crippen LogP contribution in [0.5, 0.6) is 0 Å². The fourth-order valence-corrected chi connectivity index (χ4v) is 2.34. The molecule has 0 unspecified atom stereocenters. The standard InChI is InChI=1S/C15H17NO3/c1-3-19-15(18)8-7-13-11(2)12(10-17)14-6-4-5-9-16(13)14/h4-6,9-10H,3,7-8H2,1-2H3. The second-order valence-corrected chi connectivity index (χ2v) is 4.36. The topological polar surface area (TPSA) is 47.8 Å². The van der Waals surface area contributed by atoms with Crippen LogP contribution < -0.4 is 0 Å². The van der Waals surface area contributed by atoms with Crippen LogP contribution in [-0.4, -0.2) is 23.3 Å². The van der Waals surface area contributed by atoms with Crippen LogP contribution in [0.25, 0.3) is 5.52 Å². The molecule has 4 heteroatoms. The van der Waals surface area contributed by atoms with Crippen molar-refractivity contribution >= 4 is 17.8 Å². The zero-order valence-corrected chi connectivity index (χ0v) is 11.2. The summed E-state index contributed by atoms with van der Waals surface area (Å²) in [5.74, 6) is -0.208. The maximum Gasteiger partial charge on any atom is 0.306 e. The number of aryl methyl sites for hydroxylation is 1. The molecular formula is C15H17NO3. The van der Waals surface area contributed by atoms with E-state index in [2.05, 4.69) is 0 Å². The van der Waals surface area contributed by atoms with Gasteiger partial charge in [-0.15, -0.1) is 0 Å². The molecule has 0 fully saturated rings. The smallest absolute Gasteiger partial charge is 0.306 e. The van der Waals surface area contributed by atoms with Crippen molar-refractivity contribution in [1.29, 1.82) is 0 Å². The molecular weight excluding hydrogens is 242 g/mol. The summed E-state index contributed by atoms with van der Waals surface area (Å²) < 4.78 is 6.90. The lowest BCUT2D eigenvalue weighted by Gasteiger charge is -2.04. The quantitative estimate of drug-likeness (QED) is 0.612. The highest BCUT2D eigenvalue weighted by atomic mass is 16.5. The van der Waals surface area contributed by atoms with Crippen molar-refractivity contribution in [3.05, 3.63) is 41.2 Å². The molecule has 2 rings (SSSR count). The number of carbonyl (C=O) groups is 2. The van der Waals surface area contributed by atoms with Crippen molar-refractivity contribution < 1.29 is 14.3 Å². The number of esters is 1. The van der Waals surface area contributed by atoms with Gasteiger partial charge in [0.25, 0.3) is 0 Å². The molecule has 2 aromatic heterocycles. The molecule has 2 heterocycles. The highest BCUT2D eigenvalue weighted by molar-refractivity contribution is 5.89. The molecule has 0 saturated heterocycles. The van der Waals surface area contributed by atoms with E-state index in [0.717, 1.165) is 23.1 Å². The van der Waals surface area contributed by atoms with Crippen LogP contribution >= 0.6 is 0 Å². The summed E-state index contributed by atoms with van der Waals surface area (Å²) in [7, 11) is 0. The van der Waals surface area contributed by atoms with Crippen LogP contribution in [0.1, 0.15) is 35.0 Å². The van der Waals surface area contributed by atoms with E-state index in [4.69, 9.17) is 4.74 Å². The number of pyridine rings is 1. The number of hydrogen-bond acceptors (Lipinski definition) is 3. The van der Waals surface area contributed by atoms with Crippen molar-refractivity contribution in [2.75, 3.05) is 6.61 Å². The van der Waals surface area contributed by atoms with Gasteiger partial charge in [0.15, 0.2) is 6.29 Å². The lowest BCUT2D eigenvalue weighted by Crippen LogP contribution is -2.06. The van der Waals surface area contributed by atoms with Gasteiger partial charge in [-0.05, 0) is 38.0 Å². The predicted molar refractivity (Wildman–Crippen MR) is 72.5 cm³/mol. The molecule has 2 aromatic rings. The minimum absolute atomic E-state index is 0.208. The summed E-state index contributed by atoms with van der Waals surface area (Å²) in [5.41, 5.74) is 3.50. The van der Waals surface area contributed by atoms with Crippen LogP contribution in [0.3, 0.4) is 0 Å². The number of nitrogens with zero attached hydrogens (tertiary/aromatic N) is 1.